The van der Waals surface area contributed by atoms with Gasteiger partial charge in [0.2, 0.25) is 0 Å². The minimum Gasteiger partial charge on any atom is -0.504 e. The molecule has 0 radical (unpaired) electrons. The van der Waals surface area contributed by atoms with Crippen LogP contribution in [-0.4, -0.2) is 55.7 Å². The molecule has 1 aromatic rings. The van der Waals surface area contributed by atoms with Crippen LogP contribution in [0.5, 0.6) is 11.5 Å². The lowest BCUT2D eigenvalue weighted by atomic mass is 10.1. The Morgan fingerprint density at radius 2 is 1.82 bits per heavy atom. The van der Waals surface area contributed by atoms with Gasteiger partial charge in [-0.25, -0.2) is 0 Å². The van der Waals surface area contributed by atoms with Crippen molar-refractivity contribution in [2.45, 2.75) is 54.4 Å². The molecule has 1 amide bonds. The van der Waals surface area contributed by atoms with Gasteiger partial charge in [-0.2, -0.15) is 0 Å². The highest BCUT2D eigenvalue weighted by Crippen LogP contribution is 2.26. The minimum atomic E-state index is -0.181. The number of rotatable bonds is 10. The largest absolute Gasteiger partial charge is 0.504 e. The predicted octanol–water partition coefficient (Wildman–Crippen LogP) is 3.88. The summed E-state index contributed by atoms with van der Waals surface area (Å²) in [5.74, 6) is 0.778. The summed E-state index contributed by atoms with van der Waals surface area (Å²) in [6.45, 7) is 16.4. The summed E-state index contributed by atoms with van der Waals surface area (Å²) in [4.78, 5) is 14.4. The summed E-state index contributed by atoms with van der Waals surface area (Å²) in [5.41, 5.74) is 6.10. The molecule has 1 rings (SSSR count). The Balaban J connectivity index is 0. The van der Waals surface area contributed by atoms with Crippen LogP contribution in [0.4, 0.5) is 0 Å². The molecule has 4 N–H and O–H groups in total. The number of methoxy groups -OCH3 is 1. The van der Waals surface area contributed by atoms with E-state index in [-0.39, 0.29) is 11.7 Å². The molecular weight excluding hydrogens is 354 g/mol. The molecule has 0 saturated heterocycles. The van der Waals surface area contributed by atoms with E-state index < -0.39 is 0 Å². The van der Waals surface area contributed by atoms with Gasteiger partial charge in [-0.05, 0) is 37.1 Å². The number of nitrogens with one attached hydrogen (secondary N) is 1. The number of phenols is 1. The summed E-state index contributed by atoms with van der Waals surface area (Å²) < 4.78 is 5.01. The fraction of sp³-hybridized carbons (Fsp3) is 0.682. The van der Waals surface area contributed by atoms with Crippen LogP contribution in [0.1, 0.15) is 64.7 Å². The molecule has 0 unspecified atom stereocenters. The van der Waals surface area contributed by atoms with Gasteiger partial charge in [0.25, 0.3) is 5.91 Å². The van der Waals surface area contributed by atoms with E-state index in [1.807, 2.05) is 13.8 Å². The van der Waals surface area contributed by atoms with E-state index in [1.165, 1.54) is 25.7 Å². The molecule has 0 bridgehead atoms. The molecule has 164 valence electrons. The molecule has 28 heavy (non-hydrogen) atoms. The van der Waals surface area contributed by atoms with Crippen LogP contribution in [-0.2, 0) is 0 Å². The molecule has 0 saturated carbocycles. The first-order chi connectivity index (χ1) is 13.4. The lowest BCUT2D eigenvalue weighted by Gasteiger charge is -2.22. The monoisotopic (exact) mass is 397 g/mol. The fourth-order valence-corrected chi connectivity index (χ4v) is 2.21. The second-order valence-corrected chi connectivity index (χ2v) is 6.66. The van der Waals surface area contributed by atoms with Crippen molar-refractivity contribution >= 4 is 5.91 Å². The maximum Gasteiger partial charge on any atom is 0.251 e. The number of amides is 1. The highest BCUT2D eigenvalue weighted by Gasteiger charge is 2.10. The Morgan fingerprint density at radius 3 is 2.32 bits per heavy atom. The Hall–Kier alpha value is -1.79. The van der Waals surface area contributed by atoms with Gasteiger partial charge in [0, 0.05) is 31.7 Å². The second-order valence-electron chi connectivity index (χ2n) is 6.66. The quantitative estimate of drug-likeness (QED) is 0.558. The molecule has 6 nitrogen and oxygen atoms in total. The smallest absolute Gasteiger partial charge is 0.251 e. The van der Waals surface area contributed by atoms with Crippen LogP contribution in [0.3, 0.4) is 0 Å². The highest BCUT2D eigenvalue weighted by molar-refractivity contribution is 5.94. The number of nitrogens with two attached hydrogens (primary N) is 1. The van der Waals surface area contributed by atoms with Crippen molar-refractivity contribution in [3.05, 3.63) is 23.8 Å². The molecular formula is C22H43N3O3. The minimum absolute atomic E-state index is 0.0202. The topological polar surface area (TPSA) is 87.8 Å². The average molecular weight is 398 g/mol. The van der Waals surface area contributed by atoms with Crippen LogP contribution >= 0.6 is 0 Å². The van der Waals surface area contributed by atoms with Crippen LogP contribution in [0.2, 0.25) is 0 Å². The Labute approximate surface area is 172 Å². The van der Waals surface area contributed by atoms with Gasteiger partial charge >= 0.3 is 0 Å². The van der Waals surface area contributed by atoms with Crippen molar-refractivity contribution < 1.29 is 14.6 Å². The van der Waals surface area contributed by atoms with E-state index in [4.69, 9.17) is 10.5 Å². The molecule has 0 aliphatic carbocycles. The van der Waals surface area contributed by atoms with Gasteiger partial charge in [0.1, 0.15) is 0 Å². The number of carbonyl (C=O) groups excluding carboxylic acids is 1. The van der Waals surface area contributed by atoms with E-state index in [2.05, 4.69) is 37.9 Å². The number of nitrogens with zero attached hydrogens (tertiary/aromatic N) is 1. The van der Waals surface area contributed by atoms with Crippen LogP contribution < -0.4 is 15.8 Å². The van der Waals surface area contributed by atoms with Crippen LogP contribution in [0, 0.1) is 5.92 Å². The lowest BCUT2D eigenvalue weighted by molar-refractivity contribution is 0.0947. The maximum atomic E-state index is 12.1. The molecule has 6 heteroatoms. The number of phenolic OH excluding ortho intramolecular Hbond substituents is 1. The van der Waals surface area contributed by atoms with Gasteiger partial charge in [-0.3, -0.25) is 4.79 Å². The summed E-state index contributed by atoms with van der Waals surface area (Å²) >= 11 is 0. The lowest BCUT2D eigenvalue weighted by Crippen LogP contribution is -2.38. The normalized spacial score (nSPS) is 9.93. The number of hydrogen-bond donors (Lipinski definition) is 3. The highest BCUT2D eigenvalue weighted by atomic mass is 16.5. The first-order valence-corrected chi connectivity index (χ1v) is 10.5. The third kappa shape index (κ3) is 13.4. The van der Waals surface area contributed by atoms with E-state index in [0.29, 0.717) is 30.3 Å². The molecule has 1 aromatic carbocycles. The molecule has 0 aromatic heterocycles. The zero-order chi connectivity index (χ0) is 21.9. The zero-order valence-electron chi connectivity index (χ0n) is 19.0. The van der Waals surface area contributed by atoms with Crippen molar-refractivity contribution in [3.8, 4) is 11.5 Å². The SMILES string of the molecule is CC.CCC.COc1cc(C(=O)NCCN(CCN)CCC(C)C)ccc1O. The van der Waals surface area contributed by atoms with Crippen molar-refractivity contribution in [2.75, 3.05) is 39.8 Å². The Kier molecular flexibility index (Phi) is 18.8. The van der Waals surface area contributed by atoms with Crippen LogP contribution in [0.15, 0.2) is 18.2 Å². The van der Waals surface area contributed by atoms with Gasteiger partial charge in [-0.1, -0.05) is 48.0 Å². The van der Waals surface area contributed by atoms with Crippen molar-refractivity contribution in [1.82, 2.24) is 10.2 Å². The zero-order valence-corrected chi connectivity index (χ0v) is 19.0. The summed E-state index contributed by atoms with van der Waals surface area (Å²) in [6.07, 6.45) is 2.36. The number of aromatic hydroxyl groups is 1. The van der Waals surface area contributed by atoms with E-state index in [9.17, 15) is 9.90 Å². The number of hydrogen-bond acceptors (Lipinski definition) is 5. The predicted molar refractivity (Wildman–Crippen MR) is 119 cm³/mol. The van der Waals surface area contributed by atoms with E-state index >= 15 is 0 Å². The number of benzene rings is 1. The molecule has 0 fully saturated rings. The Morgan fingerprint density at radius 1 is 1.21 bits per heavy atom. The first-order valence-electron chi connectivity index (χ1n) is 10.5. The Bertz CT molecular complexity index is 508. The molecule has 0 heterocycles. The van der Waals surface area contributed by atoms with Crippen molar-refractivity contribution in [1.29, 1.82) is 0 Å². The van der Waals surface area contributed by atoms with Gasteiger partial charge < -0.3 is 25.8 Å². The van der Waals surface area contributed by atoms with Crippen molar-refractivity contribution in [2.24, 2.45) is 11.7 Å². The number of carbonyl (C=O) groups is 1. The molecule has 0 atom stereocenters. The van der Waals surface area contributed by atoms with E-state index in [1.54, 1.807) is 6.07 Å². The van der Waals surface area contributed by atoms with Gasteiger partial charge in [-0.15, -0.1) is 0 Å². The average Bonchev–Trinajstić information content (AvgIpc) is 2.68. The number of ether oxygens (including phenoxy) is 1. The first kappa shape index (κ1) is 28.4. The summed E-state index contributed by atoms with van der Waals surface area (Å²) in [5, 5.41) is 12.4. The maximum absolute atomic E-state index is 12.1. The van der Waals surface area contributed by atoms with E-state index in [0.717, 1.165) is 26.1 Å². The molecule has 0 spiro atoms. The third-order valence-electron chi connectivity index (χ3n) is 3.62. The van der Waals surface area contributed by atoms with Gasteiger partial charge in [0.15, 0.2) is 11.5 Å². The molecule has 0 aliphatic heterocycles. The second kappa shape index (κ2) is 18.6. The molecule has 0 aliphatic rings. The van der Waals surface area contributed by atoms with Crippen LogP contribution in [0.25, 0.3) is 0 Å². The standard InChI is InChI=1S/C17H29N3O3.C3H8.C2H6/c1-13(2)6-9-20(10-7-18)11-8-19-17(22)14-4-5-15(21)16(12-14)23-3;1-3-2;1-2/h4-5,12-13,21H,6-11,18H2,1-3H3,(H,19,22);3H2,1-2H3;1-2H3. The fourth-order valence-electron chi connectivity index (χ4n) is 2.21. The summed E-state index contributed by atoms with van der Waals surface area (Å²) in [6, 6.07) is 4.56. The van der Waals surface area contributed by atoms with Gasteiger partial charge in [0.05, 0.1) is 7.11 Å². The van der Waals surface area contributed by atoms with Crippen molar-refractivity contribution in [3.63, 3.8) is 0 Å². The summed E-state index contributed by atoms with van der Waals surface area (Å²) in [7, 11) is 1.45. The third-order valence-corrected chi connectivity index (χ3v) is 3.62.